The third-order valence-corrected chi connectivity index (χ3v) is 5.32. The molecule has 1 atom stereocenters. The van der Waals surface area contributed by atoms with Crippen molar-refractivity contribution in [3.8, 4) is 0 Å². The summed E-state index contributed by atoms with van der Waals surface area (Å²) in [5.41, 5.74) is 0. The van der Waals surface area contributed by atoms with Crippen molar-refractivity contribution in [1.29, 1.82) is 0 Å². The van der Waals surface area contributed by atoms with E-state index in [0.29, 0.717) is 12.2 Å². The van der Waals surface area contributed by atoms with Gasteiger partial charge in [0, 0.05) is 12.4 Å². The predicted octanol–water partition coefficient (Wildman–Crippen LogP) is 1.95. The molecule has 0 aromatic carbocycles. The van der Waals surface area contributed by atoms with Crippen LogP contribution in [-0.4, -0.2) is 23.4 Å². The Balaban J connectivity index is 2.22. The summed E-state index contributed by atoms with van der Waals surface area (Å²) in [7, 11) is -3.62. The van der Waals surface area contributed by atoms with Gasteiger partial charge in [-0.3, -0.25) is 0 Å². The number of hydrogen-bond acceptors (Lipinski definition) is 5. The van der Waals surface area contributed by atoms with Gasteiger partial charge in [-0.15, -0.1) is 0 Å². The first-order valence-corrected chi connectivity index (χ1v) is 7.83. The quantitative estimate of drug-likeness (QED) is 0.883. The molecule has 6 nitrogen and oxygen atoms in total. The highest BCUT2D eigenvalue weighted by Gasteiger charge is 2.23. The van der Waals surface area contributed by atoms with Crippen molar-refractivity contribution in [2.75, 3.05) is 0 Å². The van der Waals surface area contributed by atoms with Gasteiger partial charge in [-0.25, -0.2) is 18.4 Å². The molecule has 0 aliphatic carbocycles. The lowest BCUT2D eigenvalue weighted by Gasteiger charge is -2.13. The summed E-state index contributed by atoms with van der Waals surface area (Å²) in [6.45, 7) is 1.87. The Morgan fingerprint density at radius 3 is 2.83 bits per heavy atom. The number of hydrogen-bond donors (Lipinski definition) is 2. The van der Waals surface area contributed by atoms with Crippen molar-refractivity contribution in [1.82, 2.24) is 19.7 Å². The van der Waals surface area contributed by atoms with E-state index in [0.717, 1.165) is 11.3 Å². The van der Waals surface area contributed by atoms with Gasteiger partial charge < -0.3 is 4.98 Å². The maximum Gasteiger partial charge on any atom is 0.252 e. The summed E-state index contributed by atoms with van der Waals surface area (Å²) in [6, 6.07) is -0.397. The minimum absolute atomic E-state index is 0.0949. The molecule has 2 aromatic heterocycles. The van der Waals surface area contributed by atoms with Crippen molar-refractivity contribution in [3.63, 3.8) is 0 Å². The summed E-state index contributed by atoms with van der Waals surface area (Å²) in [4.78, 5) is 10.7. The van der Waals surface area contributed by atoms with E-state index < -0.39 is 16.1 Å². The molecule has 0 fully saturated rings. The average molecular weight is 307 g/mol. The Morgan fingerprint density at radius 2 is 2.33 bits per heavy atom. The zero-order valence-corrected chi connectivity index (χ0v) is 11.8. The second-order valence-electron chi connectivity index (χ2n) is 3.49. The van der Waals surface area contributed by atoms with Crippen LogP contribution in [0.15, 0.2) is 22.8 Å². The number of imidazole rings is 1. The van der Waals surface area contributed by atoms with E-state index in [4.69, 9.17) is 11.6 Å². The van der Waals surface area contributed by atoms with E-state index in [1.165, 1.54) is 6.20 Å². The van der Waals surface area contributed by atoms with Crippen LogP contribution in [0.1, 0.15) is 25.2 Å². The largest absolute Gasteiger partial charge is 0.347 e. The zero-order valence-electron chi connectivity index (χ0n) is 9.42. The molecule has 0 saturated carbocycles. The molecule has 2 heterocycles. The minimum Gasteiger partial charge on any atom is -0.347 e. The van der Waals surface area contributed by atoms with Gasteiger partial charge in [-0.1, -0.05) is 29.9 Å². The van der Waals surface area contributed by atoms with Crippen molar-refractivity contribution in [2.45, 2.75) is 23.6 Å². The number of thiazole rings is 1. The molecule has 0 radical (unpaired) electrons. The van der Waals surface area contributed by atoms with Crippen molar-refractivity contribution < 1.29 is 8.42 Å². The smallest absolute Gasteiger partial charge is 0.252 e. The van der Waals surface area contributed by atoms with Crippen LogP contribution >= 0.6 is 22.9 Å². The molecule has 0 amide bonds. The summed E-state index contributed by atoms with van der Waals surface area (Å²) in [5, 5.41) is 0. The molecule has 18 heavy (non-hydrogen) atoms. The van der Waals surface area contributed by atoms with Gasteiger partial charge in [0.25, 0.3) is 10.0 Å². The van der Waals surface area contributed by atoms with Crippen LogP contribution < -0.4 is 4.72 Å². The highest BCUT2D eigenvalue weighted by Crippen LogP contribution is 2.24. The van der Waals surface area contributed by atoms with Crippen LogP contribution in [0.2, 0.25) is 4.47 Å². The fraction of sp³-hybridized carbons (Fsp3) is 0.333. The number of halogens is 1. The molecular formula is C9H11ClN4O2S2. The van der Waals surface area contributed by atoms with Crippen LogP contribution in [0, 0.1) is 0 Å². The Bertz CT molecular complexity index is 608. The molecule has 1 unspecified atom stereocenters. The molecule has 98 valence electrons. The van der Waals surface area contributed by atoms with Gasteiger partial charge in [0.05, 0.1) is 12.2 Å². The Hall–Kier alpha value is -0.960. The zero-order chi connectivity index (χ0) is 13.2. The number of aromatic nitrogens is 3. The molecule has 2 aromatic rings. The van der Waals surface area contributed by atoms with Gasteiger partial charge in [0.1, 0.15) is 5.82 Å². The van der Waals surface area contributed by atoms with Crippen molar-refractivity contribution in [2.24, 2.45) is 0 Å². The van der Waals surface area contributed by atoms with E-state index in [1.54, 1.807) is 12.4 Å². The Morgan fingerprint density at radius 1 is 1.56 bits per heavy atom. The number of aromatic amines is 1. The van der Waals surface area contributed by atoms with E-state index >= 15 is 0 Å². The van der Waals surface area contributed by atoms with Crippen molar-refractivity contribution >= 4 is 33.0 Å². The second kappa shape index (κ2) is 5.35. The maximum atomic E-state index is 12.1. The number of sulfonamides is 1. The minimum atomic E-state index is -3.62. The van der Waals surface area contributed by atoms with Gasteiger partial charge in [0.15, 0.2) is 8.68 Å². The maximum absolute atomic E-state index is 12.1. The molecule has 9 heteroatoms. The van der Waals surface area contributed by atoms with E-state index in [-0.39, 0.29) is 8.68 Å². The molecule has 0 aliphatic rings. The summed E-state index contributed by atoms with van der Waals surface area (Å²) in [6.07, 6.45) is 5.05. The number of rotatable bonds is 5. The molecular weight excluding hydrogens is 296 g/mol. The highest BCUT2D eigenvalue weighted by atomic mass is 35.5. The van der Waals surface area contributed by atoms with E-state index in [1.807, 2.05) is 6.92 Å². The first-order valence-electron chi connectivity index (χ1n) is 5.16. The lowest BCUT2D eigenvalue weighted by molar-refractivity contribution is 0.541. The fourth-order valence-corrected chi connectivity index (χ4v) is 4.00. The average Bonchev–Trinajstić information content (AvgIpc) is 2.96. The lowest BCUT2D eigenvalue weighted by atomic mass is 10.2. The Kier molecular flexibility index (Phi) is 4.00. The molecule has 0 bridgehead atoms. The summed E-state index contributed by atoms with van der Waals surface area (Å²) < 4.78 is 27.0. The highest BCUT2D eigenvalue weighted by molar-refractivity contribution is 7.91. The molecule has 0 saturated heterocycles. The number of nitrogens with one attached hydrogen (secondary N) is 2. The van der Waals surface area contributed by atoms with Crippen LogP contribution in [0.25, 0.3) is 0 Å². The normalized spacial score (nSPS) is 13.7. The first kappa shape index (κ1) is 13.5. The number of H-pyrrole nitrogens is 1. The SMILES string of the molecule is CCC(NS(=O)(=O)c1cnc(Cl)s1)c1ncc[nH]1. The third-order valence-electron chi connectivity index (χ3n) is 2.28. The van der Waals surface area contributed by atoms with E-state index in [9.17, 15) is 8.42 Å². The summed E-state index contributed by atoms with van der Waals surface area (Å²) in [5.74, 6) is 0.580. The molecule has 0 spiro atoms. The topological polar surface area (TPSA) is 87.7 Å². The van der Waals surface area contributed by atoms with Crippen molar-refractivity contribution in [3.05, 3.63) is 28.9 Å². The summed E-state index contributed by atoms with van der Waals surface area (Å²) >= 11 is 6.55. The van der Waals surface area contributed by atoms with Crippen LogP contribution in [0.3, 0.4) is 0 Å². The third kappa shape index (κ3) is 2.89. The molecule has 2 N–H and O–H groups in total. The second-order valence-corrected chi connectivity index (χ2v) is 7.04. The standard InChI is InChI=1S/C9H11ClN4O2S2/c1-2-6(8-11-3-4-12-8)14-18(15,16)7-5-13-9(10)17-7/h3-6,14H,2H2,1H3,(H,11,12). The van der Waals surface area contributed by atoms with Crippen LogP contribution in [0.4, 0.5) is 0 Å². The monoisotopic (exact) mass is 306 g/mol. The van der Waals surface area contributed by atoms with Crippen LogP contribution in [-0.2, 0) is 10.0 Å². The van der Waals surface area contributed by atoms with Gasteiger partial charge >= 0.3 is 0 Å². The predicted molar refractivity (Wildman–Crippen MR) is 69.1 cm³/mol. The lowest BCUT2D eigenvalue weighted by Crippen LogP contribution is -2.28. The Labute approximate surface area is 113 Å². The fourth-order valence-electron chi connectivity index (χ4n) is 1.41. The first-order chi connectivity index (χ1) is 8.53. The van der Waals surface area contributed by atoms with Gasteiger partial charge in [-0.2, -0.15) is 4.72 Å². The van der Waals surface area contributed by atoms with Crippen LogP contribution in [0.5, 0.6) is 0 Å². The van der Waals surface area contributed by atoms with Gasteiger partial charge in [0.2, 0.25) is 0 Å². The van der Waals surface area contributed by atoms with E-state index in [2.05, 4.69) is 19.7 Å². The molecule has 2 rings (SSSR count). The number of nitrogens with zero attached hydrogens (tertiary/aromatic N) is 2. The van der Waals surface area contributed by atoms with Gasteiger partial charge in [-0.05, 0) is 6.42 Å². The molecule has 0 aliphatic heterocycles.